The number of carbonyl (C=O) groups is 2. The quantitative estimate of drug-likeness (QED) is 0.211. The van der Waals surface area contributed by atoms with E-state index in [9.17, 15) is 19.7 Å². The first-order chi connectivity index (χ1) is 19.0. The van der Waals surface area contributed by atoms with E-state index in [1.807, 2.05) is 42.3 Å². The minimum Gasteiger partial charge on any atom is -0.345 e. The number of amides is 2. The zero-order valence-electron chi connectivity index (χ0n) is 22.7. The zero-order valence-corrected chi connectivity index (χ0v) is 22.7. The van der Waals surface area contributed by atoms with Crippen LogP contribution in [0.3, 0.4) is 0 Å². The first kappa shape index (κ1) is 28.1. The summed E-state index contributed by atoms with van der Waals surface area (Å²) in [5, 5.41) is 11.3. The monoisotopic (exact) mass is 530 g/mol. The summed E-state index contributed by atoms with van der Waals surface area (Å²) in [5.74, 6) is -0.430. The van der Waals surface area contributed by atoms with Crippen LogP contribution in [-0.4, -0.2) is 50.2 Å². The van der Waals surface area contributed by atoms with Crippen LogP contribution in [0, 0.1) is 10.1 Å². The number of unbranched alkanes of at least 4 members (excludes halogenated alkanes) is 1. The van der Waals surface area contributed by atoms with Gasteiger partial charge in [0.2, 0.25) is 5.91 Å². The molecule has 0 atom stereocenters. The van der Waals surface area contributed by atoms with Gasteiger partial charge in [-0.3, -0.25) is 19.7 Å². The van der Waals surface area contributed by atoms with Crippen molar-refractivity contribution in [2.75, 3.05) is 13.1 Å². The highest BCUT2D eigenvalue weighted by atomic mass is 16.6. The van der Waals surface area contributed by atoms with Gasteiger partial charge >= 0.3 is 0 Å². The van der Waals surface area contributed by atoms with Crippen LogP contribution in [0.2, 0.25) is 0 Å². The molecule has 0 aliphatic heterocycles. The number of nitrogens with zero attached hydrogens (tertiary/aromatic N) is 4. The maximum atomic E-state index is 13.9. The summed E-state index contributed by atoms with van der Waals surface area (Å²) >= 11 is 0. The van der Waals surface area contributed by atoms with Crippen LogP contribution in [0.25, 0.3) is 0 Å². The standard InChI is InChI=1S/C31H38N4O4/c1-2-3-19-33(31(37)26-14-10-17-28(21-26)35(38)39)24-30(36)34(27-15-8-5-9-16-27)23-29-18-11-20-32(29)22-25-12-6-4-7-13-25/h4,6-7,10-14,17-18,20-21,27H,2-3,5,8-9,15-16,19,22-24H2,1H3. The van der Waals surface area contributed by atoms with Gasteiger partial charge < -0.3 is 14.4 Å². The van der Waals surface area contributed by atoms with Gasteiger partial charge in [-0.25, -0.2) is 0 Å². The molecule has 8 heteroatoms. The average Bonchev–Trinajstić information content (AvgIpc) is 3.40. The fourth-order valence-electron chi connectivity index (χ4n) is 5.31. The van der Waals surface area contributed by atoms with Gasteiger partial charge in [-0.05, 0) is 43.0 Å². The smallest absolute Gasteiger partial charge is 0.270 e. The van der Waals surface area contributed by atoms with Gasteiger partial charge in [0.15, 0.2) is 0 Å². The third-order valence-electron chi connectivity index (χ3n) is 7.49. The number of non-ortho nitro benzene ring substituents is 1. The van der Waals surface area contributed by atoms with Crippen LogP contribution < -0.4 is 0 Å². The van der Waals surface area contributed by atoms with Crippen molar-refractivity contribution in [1.29, 1.82) is 0 Å². The first-order valence-corrected chi connectivity index (χ1v) is 14.0. The van der Waals surface area contributed by atoms with E-state index >= 15 is 0 Å². The molecule has 1 aliphatic rings. The largest absolute Gasteiger partial charge is 0.345 e. The Kier molecular flexibility index (Phi) is 9.89. The molecule has 2 amide bonds. The van der Waals surface area contributed by atoms with Crippen molar-refractivity contribution < 1.29 is 14.5 Å². The van der Waals surface area contributed by atoms with Gasteiger partial charge in [0.1, 0.15) is 6.54 Å². The molecule has 1 saturated carbocycles. The normalized spacial score (nSPS) is 13.7. The Morgan fingerprint density at radius 1 is 1.00 bits per heavy atom. The Hall–Kier alpha value is -3.94. The van der Waals surface area contributed by atoms with E-state index in [0.29, 0.717) is 13.1 Å². The molecular weight excluding hydrogens is 492 g/mol. The Morgan fingerprint density at radius 3 is 2.49 bits per heavy atom. The van der Waals surface area contributed by atoms with E-state index in [0.717, 1.165) is 50.8 Å². The van der Waals surface area contributed by atoms with Crippen molar-refractivity contribution in [3.8, 4) is 0 Å². The molecule has 0 spiro atoms. The minimum absolute atomic E-state index is 0.0442. The van der Waals surface area contributed by atoms with Gasteiger partial charge in [-0.2, -0.15) is 0 Å². The maximum Gasteiger partial charge on any atom is 0.270 e. The second kappa shape index (κ2) is 13.7. The predicted octanol–water partition coefficient (Wildman–Crippen LogP) is 6.05. The molecule has 4 rings (SSSR count). The molecule has 0 radical (unpaired) electrons. The summed E-state index contributed by atoms with van der Waals surface area (Å²) in [5.41, 5.74) is 2.35. The molecule has 1 fully saturated rings. The third-order valence-corrected chi connectivity index (χ3v) is 7.49. The van der Waals surface area contributed by atoms with Crippen LogP contribution in [0.4, 0.5) is 5.69 Å². The lowest BCUT2D eigenvalue weighted by Gasteiger charge is -2.36. The molecule has 0 saturated heterocycles. The Labute approximate surface area is 230 Å². The molecule has 206 valence electrons. The van der Waals surface area contributed by atoms with E-state index < -0.39 is 4.92 Å². The Bertz CT molecular complexity index is 1250. The van der Waals surface area contributed by atoms with Crippen molar-refractivity contribution in [2.24, 2.45) is 0 Å². The number of benzene rings is 2. The van der Waals surface area contributed by atoms with Gasteiger partial charge in [-0.15, -0.1) is 0 Å². The van der Waals surface area contributed by atoms with Crippen molar-refractivity contribution in [3.05, 3.63) is 99.9 Å². The molecule has 3 aromatic rings. The number of rotatable bonds is 12. The van der Waals surface area contributed by atoms with Crippen LogP contribution in [-0.2, 0) is 17.9 Å². The first-order valence-electron chi connectivity index (χ1n) is 14.0. The van der Waals surface area contributed by atoms with Crippen molar-refractivity contribution in [1.82, 2.24) is 14.4 Å². The van der Waals surface area contributed by atoms with E-state index in [4.69, 9.17) is 0 Å². The topological polar surface area (TPSA) is 88.7 Å². The van der Waals surface area contributed by atoms with Crippen LogP contribution in [0.1, 0.15) is 73.5 Å². The summed E-state index contributed by atoms with van der Waals surface area (Å²) in [4.78, 5) is 41.7. The van der Waals surface area contributed by atoms with Crippen LogP contribution in [0.5, 0.6) is 0 Å². The second-order valence-electron chi connectivity index (χ2n) is 10.3. The Balaban J connectivity index is 1.55. The summed E-state index contributed by atoms with van der Waals surface area (Å²) in [6, 6.07) is 20.2. The molecule has 8 nitrogen and oxygen atoms in total. The fourth-order valence-corrected chi connectivity index (χ4v) is 5.31. The summed E-state index contributed by atoms with van der Waals surface area (Å²) in [7, 11) is 0. The predicted molar refractivity (Wildman–Crippen MR) is 151 cm³/mol. The van der Waals surface area contributed by atoms with Crippen molar-refractivity contribution in [3.63, 3.8) is 0 Å². The number of hydrogen-bond acceptors (Lipinski definition) is 4. The number of aromatic nitrogens is 1. The molecule has 39 heavy (non-hydrogen) atoms. The van der Waals surface area contributed by atoms with Gasteiger partial charge in [0, 0.05) is 48.7 Å². The zero-order chi connectivity index (χ0) is 27.6. The van der Waals surface area contributed by atoms with Crippen molar-refractivity contribution >= 4 is 17.5 Å². The van der Waals surface area contributed by atoms with Crippen LogP contribution >= 0.6 is 0 Å². The summed E-state index contributed by atoms with van der Waals surface area (Å²) in [6.07, 6.45) is 8.93. The van der Waals surface area contributed by atoms with E-state index in [1.165, 1.54) is 30.2 Å². The van der Waals surface area contributed by atoms with Crippen LogP contribution in [0.15, 0.2) is 72.9 Å². The van der Waals surface area contributed by atoms with Crippen molar-refractivity contribution in [2.45, 2.75) is 71.0 Å². The lowest BCUT2D eigenvalue weighted by atomic mass is 9.94. The molecular formula is C31H38N4O4. The van der Waals surface area contributed by atoms with Gasteiger partial charge in [0.05, 0.1) is 11.5 Å². The molecule has 1 aliphatic carbocycles. The average molecular weight is 531 g/mol. The Morgan fingerprint density at radius 2 is 1.77 bits per heavy atom. The molecule has 1 heterocycles. The van der Waals surface area contributed by atoms with Gasteiger partial charge in [0.25, 0.3) is 11.6 Å². The van der Waals surface area contributed by atoms with E-state index in [2.05, 4.69) is 22.8 Å². The van der Waals surface area contributed by atoms with Gasteiger partial charge in [-0.1, -0.05) is 69.0 Å². The number of nitro benzene ring substituents is 1. The SMILES string of the molecule is CCCCN(CC(=O)N(Cc1cccn1Cc1ccccc1)C1CCCCC1)C(=O)c1cccc([N+](=O)[O-])c1. The third kappa shape index (κ3) is 7.56. The van der Waals surface area contributed by atoms with E-state index in [-0.39, 0.29) is 35.7 Å². The highest BCUT2D eigenvalue weighted by Crippen LogP contribution is 2.25. The summed E-state index contributed by atoms with van der Waals surface area (Å²) < 4.78 is 2.18. The molecule has 0 N–H and O–H groups in total. The molecule has 1 aromatic heterocycles. The lowest BCUT2D eigenvalue weighted by molar-refractivity contribution is -0.384. The molecule has 0 bridgehead atoms. The highest BCUT2D eigenvalue weighted by molar-refractivity contribution is 5.97. The minimum atomic E-state index is -0.506. The molecule has 0 unspecified atom stereocenters. The molecule has 2 aromatic carbocycles. The van der Waals surface area contributed by atoms with E-state index in [1.54, 1.807) is 11.0 Å². The maximum absolute atomic E-state index is 13.9. The fraction of sp³-hybridized carbons (Fsp3) is 0.419. The highest BCUT2D eigenvalue weighted by Gasteiger charge is 2.29. The summed E-state index contributed by atoms with van der Waals surface area (Å²) in [6.45, 7) is 3.62. The number of hydrogen-bond donors (Lipinski definition) is 0. The number of carbonyl (C=O) groups excluding carboxylic acids is 2. The lowest BCUT2D eigenvalue weighted by Crippen LogP contribution is -2.47. The number of nitro groups is 1. The second-order valence-corrected chi connectivity index (χ2v) is 10.3.